The second-order valence-corrected chi connectivity index (χ2v) is 7.96. The molecule has 0 atom stereocenters. The van der Waals surface area contributed by atoms with Crippen molar-refractivity contribution in [1.29, 1.82) is 0 Å². The molecule has 0 radical (unpaired) electrons. The molecular weight excluding hydrogens is 386 g/mol. The van der Waals surface area contributed by atoms with Crippen molar-refractivity contribution in [1.82, 2.24) is 0 Å². The molecule has 2 aromatic rings. The van der Waals surface area contributed by atoms with E-state index in [-0.39, 0.29) is 10.5 Å². The number of aryl methyl sites for hydroxylation is 1. The minimum Gasteiger partial charge on any atom is -0.465 e. The summed E-state index contributed by atoms with van der Waals surface area (Å²) >= 11 is 0. The SMILES string of the molecule is COC(=O)c1ccc(NC(=O)COC(=O)c2cc(S(C)(=O)=O)ccc2C)cc1. The van der Waals surface area contributed by atoms with Crippen molar-refractivity contribution >= 4 is 33.4 Å². The number of ether oxygens (including phenoxy) is 2. The van der Waals surface area contributed by atoms with Crippen molar-refractivity contribution < 1.29 is 32.3 Å². The molecule has 0 spiro atoms. The third-order valence-electron chi connectivity index (χ3n) is 3.78. The molecule has 0 fully saturated rings. The monoisotopic (exact) mass is 405 g/mol. The third-order valence-corrected chi connectivity index (χ3v) is 4.89. The fourth-order valence-electron chi connectivity index (χ4n) is 2.27. The molecule has 8 nitrogen and oxygen atoms in total. The second-order valence-electron chi connectivity index (χ2n) is 5.94. The summed E-state index contributed by atoms with van der Waals surface area (Å²) in [5.74, 6) is -1.89. The molecule has 0 unspecified atom stereocenters. The number of amides is 1. The van der Waals surface area contributed by atoms with E-state index >= 15 is 0 Å². The zero-order chi connectivity index (χ0) is 20.9. The minimum absolute atomic E-state index is 0.0137. The van der Waals surface area contributed by atoms with E-state index in [0.717, 1.165) is 6.26 Å². The first-order valence-electron chi connectivity index (χ1n) is 8.08. The van der Waals surface area contributed by atoms with E-state index in [9.17, 15) is 22.8 Å². The van der Waals surface area contributed by atoms with Crippen LogP contribution in [-0.2, 0) is 24.1 Å². The van der Waals surface area contributed by atoms with Gasteiger partial charge in [0.1, 0.15) is 0 Å². The number of benzene rings is 2. The van der Waals surface area contributed by atoms with Gasteiger partial charge in [0.05, 0.1) is 23.1 Å². The molecule has 0 aliphatic carbocycles. The van der Waals surface area contributed by atoms with Gasteiger partial charge in [0.2, 0.25) is 0 Å². The first kappa shape index (κ1) is 21.1. The number of carbonyl (C=O) groups excluding carboxylic acids is 3. The van der Waals surface area contributed by atoms with E-state index in [0.29, 0.717) is 16.8 Å². The van der Waals surface area contributed by atoms with Crippen molar-refractivity contribution in [2.75, 3.05) is 25.3 Å². The van der Waals surface area contributed by atoms with Crippen LogP contribution in [0.2, 0.25) is 0 Å². The van der Waals surface area contributed by atoms with Crippen LogP contribution in [0.4, 0.5) is 5.69 Å². The Hall–Kier alpha value is -3.20. The maximum absolute atomic E-state index is 12.2. The Morgan fingerprint density at radius 3 is 2.21 bits per heavy atom. The molecule has 1 N–H and O–H groups in total. The number of anilines is 1. The molecule has 0 aromatic heterocycles. The molecule has 0 saturated heterocycles. The molecule has 2 aromatic carbocycles. The minimum atomic E-state index is -3.48. The molecule has 148 valence electrons. The Labute approximate surface area is 162 Å². The van der Waals surface area contributed by atoms with E-state index in [4.69, 9.17) is 4.74 Å². The van der Waals surface area contributed by atoms with E-state index in [1.807, 2.05) is 0 Å². The van der Waals surface area contributed by atoms with Gasteiger partial charge in [-0.2, -0.15) is 0 Å². The van der Waals surface area contributed by atoms with Gasteiger partial charge in [-0.25, -0.2) is 18.0 Å². The van der Waals surface area contributed by atoms with Crippen LogP contribution in [0, 0.1) is 6.92 Å². The highest BCUT2D eigenvalue weighted by atomic mass is 32.2. The van der Waals surface area contributed by atoms with Gasteiger partial charge in [-0.3, -0.25) is 4.79 Å². The van der Waals surface area contributed by atoms with Gasteiger partial charge in [-0.1, -0.05) is 6.07 Å². The number of hydrogen-bond donors (Lipinski definition) is 1. The van der Waals surface area contributed by atoms with Crippen LogP contribution in [0.25, 0.3) is 0 Å². The zero-order valence-corrected chi connectivity index (χ0v) is 16.3. The predicted molar refractivity (Wildman–Crippen MR) is 101 cm³/mol. The quantitative estimate of drug-likeness (QED) is 0.731. The van der Waals surface area contributed by atoms with E-state index in [2.05, 4.69) is 10.1 Å². The van der Waals surface area contributed by atoms with E-state index < -0.39 is 34.3 Å². The normalized spacial score (nSPS) is 10.8. The topological polar surface area (TPSA) is 116 Å². The lowest BCUT2D eigenvalue weighted by Gasteiger charge is -2.09. The number of nitrogens with one attached hydrogen (secondary N) is 1. The Kier molecular flexibility index (Phi) is 6.53. The lowest BCUT2D eigenvalue weighted by Crippen LogP contribution is -2.21. The predicted octanol–water partition coefficient (Wildman–Crippen LogP) is 1.98. The van der Waals surface area contributed by atoms with Crippen LogP contribution >= 0.6 is 0 Å². The Morgan fingerprint density at radius 1 is 1.00 bits per heavy atom. The lowest BCUT2D eigenvalue weighted by molar-refractivity contribution is -0.119. The van der Waals surface area contributed by atoms with Crippen molar-refractivity contribution in [3.05, 3.63) is 59.2 Å². The molecule has 0 aliphatic rings. The Bertz CT molecular complexity index is 1010. The van der Waals surface area contributed by atoms with Crippen LogP contribution < -0.4 is 5.32 Å². The number of sulfone groups is 1. The van der Waals surface area contributed by atoms with Crippen LogP contribution in [0.15, 0.2) is 47.4 Å². The zero-order valence-electron chi connectivity index (χ0n) is 15.5. The molecule has 0 saturated carbocycles. The van der Waals surface area contributed by atoms with Gasteiger partial charge >= 0.3 is 11.9 Å². The molecule has 28 heavy (non-hydrogen) atoms. The maximum atomic E-state index is 12.2. The maximum Gasteiger partial charge on any atom is 0.338 e. The van der Waals surface area contributed by atoms with Gasteiger partial charge in [-0.05, 0) is 48.9 Å². The van der Waals surface area contributed by atoms with Crippen LogP contribution in [0.3, 0.4) is 0 Å². The summed E-state index contributed by atoms with van der Waals surface area (Å²) in [7, 11) is -2.22. The van der Waals surface area contributed by atoms with Gasteiger partial charge in [0.15, 0.2) is 16.4 Å². The molecular formula is C19H19NO7S. The smallest absolute Gasteiger partial charge is 0.338 e. The van der Waals surface area contributed by atoms with E-state index in [1.54, 1.807) is 6.92 Å². The molecule has 0 aliphatic heterocycles. The lowest BCUT2D eigenvalue weighted by atomic mass is 10.1. The average Bonchev–Trinajstić information content (AvgIpc) is 2.65. The molecule has 1 amide bonds. The summed E-state index contributed by atoms with van der Waals surface area (Å²) in [6.07, 6.45) is 1.03. The Balaban J connectivity index is 1.99. The van der Waals surface area contributed by atoms with E-state index in [1.165, 1.54) is 49.6 Å². The number of hydrogen-bond acceptors (Lipinski definition) is 7. The van der Waals surface area contributed by atoms with Crippen LogP contribution in [0.5, 0.6) is 0 Å². The van der Waals surface area contributed by atoms with Gasteiger partial charge < -0.3 is 14.8 Å². The standard InChI is InChI=1S/C19H19NO7S/c1-12-4-9-15(28(3,24)25)10-16(12)19(23)27-11-17(21)20-14-7-5-13(6-8-14)18(22)26-2/h4-10H,11H2,1-3H3,(H,20,21). The first-order chi connectivity index (χ1) is 13.1. The van der Waals surface area contributed by atoms with Crippen molar-refractivity contribution in [2.45, 2.75) is 11.8 Å². The van der Waals surface area contributed by atoms with Gasteiger partial charge in [0, 0.05) is 11.9 Å². The van der Waals surface area contributed by atoms with Crippen LogP contribution in [0.1, 0.15) is 26.3 Å². The third kappa shape index (κ3) is 5.40. The average molecular weight is 405 g/mol. The molecule has 2 rings (SSSR count). The summed E-state index contributed by atoms with van der Waals surface area (Å²) in [5, 5.41) is 2.52. The molecule has 0 heterocycles. The number of methoxy groups -OCH3 is 1. The number of rotatable bonds is 6. The van der Waals surface area contributed by atoms with Gasteiger partial charge in [-0.15, -0.1) is 0 Å². The van der Waals surface area contributed by atoms with Gasteiger partial charge in [0.25, 0.3) is 5.91 Å². The van der Waals surface area contributed by atoms with Crippen molar-refractivity contribution in [3.63, 3.8) is 0 Å². The summed E-state index contributed by atoms with van der Waals surface area (Å²) in [6, 6.07) is 10.1. The summed E-state index contributed by atoms with van der Waals surface area (Å²) < 4.78 is 32.8. The summed E-state index contributed by atoms with van der Waals surface area (Å²) in [6.45, 7) is 1.08. The largest absolute Gasteiger partial charge is 0.465 e. The fraction of sp³-hybridized carbons (Fsp3) is 0.211. The summed E-state index contributed by atoms with van der Waals surface area (Å²) in [4.78, 5) is 35.5. The fourth-order valence-corrected chi connectivity index (χ4v) is 2.91. The number of esters is 2. The molecule has 0 bridgehead atoms. The Morgan fingerprint density at radius 2 is 1.64 bits per heavy atom. The highest BCUT2D eigenvalue weighted by molar-refractivity contribution is 7.90. The van der Waals surface area contributed by atoms with Crippen molar-refractivity contribution in [2.24, 2.45) is 0 Å². The van der Waals surface area contributed by atoms with Crippen LogP contribution in [-0.4, -0.2) is 46.2 Å². The number of carbonyl (C=O) groups is 3. The molecule has 9 heteroatoms. The second kappa shape index (κ2) is 8.66. The highest BCUT2D eigenvalue weighted by Crippen LogP contribution is 2.17. The highest BCUT2D eigenvalue weighted by Gasteiger charge is 2.17. The van der Waals surface area contributed by atoms with Crippen molar-refractivity contribution in [3.8, 4) is 0 Å². The first-order valence-corrected chi connectivity index (χ1v) is 9.97. The summed E-state index contributed by atoms with van der Waals surface area (Å²) in [5.41, 5.74) is 1.33.